The number of anilines is 1. The zero-order valence-corrected chi connectivity index (χ0v) is 10.3. The van der Waals surface area contributed by atoms with Gasteiger partial charge in [-0.1, -0.05) is 0 Å². The molecular formula is C6H7N3NaO3S+. The van der Waals surface area contributed by atoms with E-state index in [0.29, 0.717) is 11.4 Å². The molecule has 1 rings (SSSR count). The Hall–Kier alpha value is -0.470. The number of nitrogens with two attached hydrogens (primary N) is 1. The fourth-order valence-corrected chi connectivity index (χ4v) is 0.837. The summed E-state index contributed by atoms with van der Waals surface area (Å²) in [5.41, 5.74) is 6.20. The fourth-order valence-electron chi connectivity index (χ4n) is 0.640. The Morgan fingerprint density at radius 1 is 1.21 bits per heavy atom. The van der Waals surface area contributed by atoms with Crippen LogP contribution >= 0.6 is 0 Å². The molecule has 0 aliphatic rings. The van der Waals surface area contributed by atoms with Crippen molar-refractivity contribution < 1.29 is 42.5 Å². The van der Waals surface area contributed by atoms with Gasteiger partial charge in [0.2, 0.25) is 0 Å². The monoisotopic (exact) mass is 224 g/mol. The topological polar surface area (TPSA) is 105 Å². The molecule has 3 N–H and O–H groups in total. The van der Waals surface area contributed by atoms with E-state index >= 15 is 0 Å². The molecule has 14 heavy (non-hydrogen) atoms. The minimum atomic E-state index is -4.41. The zero-order chi connectivity index (χ0) is 9.90. The molecule has 1 aromatic rings. The van der Waals surface area contributed by atoms with Crippen LogP contribution in [0.15, 0.2) is 33.9 Å². The first-order valence-corrected chi connectivity index (χ1v) is 4.63. The summed E-state index contributed by atoms with van der Waals surface area (Å²) in [6.45, 7) is 0. The summed E-state index contributed by atoms with van der Waals surface area (Å²) < 4.78 is 31.2. The largest absolute Gasteiger partial charge is 1.00 e. The van der Waals surface area contributed by atoms with E-state index in [1.807, 2.05) is 0 Å². The Balaban J connectivity index is 0.00000169. The Morgan fingerprint density at radius 2 is 1.71 bits per heavy atom. The van der Waals surface area contributed by atoms with Crippen LogP contribution in [0.3, 0.4) is 0 Å². The molecule has 8 heteroatoms. The van der Waals surface area contributed by atoms with Crippen molar-refractivity contribution in [3.8, 4) is 0 Å². The standard InChI is InChI=1S/C6H7N3O3S.Na/c7-5-1-3-6(4-2-5)8-9-13(10,11)12;/h1-4H,7H2,(H,10,11,12);/q;+1. The predicted octanol–water partition coefficient (Wildman–Crippen LogP) is -1.84. The molecule has 0 heterocycles. The number of rotatable bonds is 2. The van der Waals surface area contributed by atoms with Gasteiger partial charge in [0.05, 0.1) is 5.69 Å². The van der Waals surface area contributed by atoms with Crippen LogP contribution in [0, 0.1) is 0 Å². The van der Waals surface area contributed by atoms with Gasteiger partial charge in [-0.3, -0.25) is 4.55 Å². The molecule has 0 atom stereocenters. The molecular weight excluding hydrogens is 217 g/mol. The third-order valence-electron chi connectivity index (χ3n) is 1.15. The molecule has 0 saturated heterocycles. The zero-order valence-electron chi connectivity index (χ0n) is 7.45. The van der Waals surface area contributed by atoms with E-state index < -0.39 is 10.3 Å². The molecule has 0 radical (unpaired) electrons. The van der Waals surface area contributed by atoms with Crippen molar-refractivity contribution in [2.24, 2.45) is 9.63 Å². The minimum Gasteiger partial charge on any atom is -0.399 e. The van der Waals surface area contributed by atoms with Crippen molar-refractivity contribution in [2.45, 2.75) is 0 Å². The van der Waals surface area contributed by atoms with E-state index in [4.69, 9.17) is 10.3 Å². The minimum absolute atomic E-state index is 0. The number of nitrogens with zero attached hydrogens (tertiary/aromatic N) is 2. The van der Waals surface area contributed by atoms with Crippen molar-refractivity contribution in [2.75, 3.05) is 5.73 Å². The molecule has 0 fully saturated rings. The van der Waals surface area contributed by atoms with Crippen LogP contribution in [-0.2, 0) is 10.3 Å². The van der Waals surface area contributed by atoms with Crippen LogP contribution in [0.5, 0.6) is 0 Å². The Bertz CT molecular complexity index is 414. The van der Waals surface area contributed by atoms with E-state index in [9.17, 15) is 8.42 Å². The number of benzene rings is 1. The average Bonchev–Trinajstić information content (AvgIpc) is 2.02. The molecule has 0 unspecified atom stereocenters. The third kappa shape index (κ3) is 5.30. The summed E-state index contributed by atoms with van der Waals surface area (Å²) in [5, 5.41) is 3.25. The fraction of sp³-hybridized carbons (Fsp3) is 0. The van der Waals surface area contributed by atoms with Crippen LogP contribution in [0.4, 0.5) is 11.4 Å². The number of hydrogen-bond acceptors (Lipinski definition) is 4. The third-order valence-corrected chi connectivity index (χ3v) is 1.44. The summed E-state index contributed by atoms with van der Waals surface area (Å²) >= 11 is 0. The second-order valence-corrected chi connectivity index (χ2v) is 3.28. The van der Waals surface area contributed by atoms with E-state index in [2.05, 4.69) is 9.63 Å². The molecule has 0 aliphatic carbocycles. The van der Waals surface area contributed by atoms with Gasteiger partial charge in [0.1, 0.15) is 0 Å². The number of hydrogen-bond donors (Lipinski definition) is 2. The van der Waals surface area contributed by atoms with Gasteiger partial charge in [-0.25, -0.2) is 0 Å². The second-order valence-electron chi connectivity index (χ2n) is 2.22. The molecule has 6 nitrogen and oxygen atoms in total. The van der Waals surface area contributed by atoms with Gasteiger partial charge in [0.25, 0.3) is 0 Å². The predicted molar refractivity (Wildman–Crippen MR) is 46.9 cm³/mol. The summed E-state index contributed by atoms with van der Waals surface area (Å²) in [6.07, 6.45) is 0. The van der Waals surface area contributed by atoms with Crippen LogP contribution < -0.4 is 35.3 Å². The molecule has 70 valence electrons. The summed E-state index contributed by atoms with van der Waals surface area (Å²) in [5.74, 6) is 0. The van der Waals surface area contributed by atoms with Gasteiger partial charge in [-0.2, -0.15) is 8.42 Å². The van der Waals surface area contributed by atoms with Gasteiger partial charge in [-0.05, 0) is 28.8 Å². The Kier molecular flexibility index (Phi) is 5.24. The number of nitrogen functional groups attached to an aromatic ring is 1. The molecule has 0 bridgehead atoms. The summed E-state index contributed by atoms with van der Waals surface area (Å²) in [6, 6.07) is 6.03. The van der Waals surface area contributed by atoms with Crippen LogP contribution in [0.1, 0.15) is 0 Å². The maximum absolute atomic E-state index is 10.1. The van der Waals surface area contributed by atoms with Gasteiger partial charge in [0, 0.05) is 5.69 Å². The van der Waals surface area contributed by atoms with Gasteiger partial charge < -0.3 is 5.73 Å². The van der Waals surface area contributed by atoms with E-state index in [1.165, 1.54) is 12.1 Å². The van der Waals surface area contributed by atoms with Crippen molar-refractivity contribution >= 4 is 21.7 Å². The normalized spacial score (nSPS) is 11.2. The van der Waals surface area contributed by atoms with Crippen molar-refractivity contribution in [1.82, 2.24) is 0 Å². The van der Waals surface area contributed by atoms with Crippen LogP contribution in [0.2, 0.25) is 0 Å². The average molecular weight is 224 g/mol. The first-order chi connectivity index (χ1) is 5.97. The molecule has 0 spiro atoms. The molecule has 0 amide bonds. The van der Waals surface area contributed by atoms with Gasteiger partial charge >= 0.3 is 39.9 Å². The Morgan fingerprint density at radius 3 is 2.14 bits per heavy atom. The van der Waals surface area contributed by atoms with E-state index in [1.54, 1.807) is 12.1 Å². The maximum atomic E-state index is 10.1. The van der Waals surface area contributed by atoms with Crippen molar-refractivity contribution in [3.63, 3.8) is 0 Å². The van der Waals surface area contributed by atoms with E-state index in [-0.39, 0.29) is 29.6 Å². The molecule has 0 aliphatic heterocycles. The SMILES string of the molecule is Nc1ccc(N=NS(=O)(=O)O)cc1.[Na+]. The van der Waals surface area contributed by atoms with Crippen LogP contribution in [-0.4, -0.2) is 13.0 Å². The van der Waals surface area contributed by atoms with Crippen molar-refractivity contribution in [1.29, 1.82) is 0 Å². The quantitative estimate of drug-likeness (QED) is 0.266. The van der Waals surface area contributed by atoms with Gasteiger partial charge in [0.15, 0.2) is 0 Å². The molecule has 0 saturated carbocycles. The first-order valence-electron chi connectivity index (χ1n) is 3.23. The maximum Gasteiger partial charge on any atom is 1.00 e. The molecule has 0 aromatic heterocycles. The van der Waals surface area contributed by atoms with Crippen molar-refractivity contribution in [3.05, 3.63) is 24.3 Å². The summed E-state index contributed by atoms with van der Waals surface area (Å²) in [4.78, 5) is 0. The van der Waals surface area contributed by atoms with Gasteiger partial charge in [-0.15, -0.1) is 5.11 Å². The van der Waals surface area contributed by atoms with E-state index in [0.717, 1.165) is 0 Å². The van der Waals surface area contributed by atoms with Crippen LogP contribution in [0.25, 0.3) is 0 Å². The second kappa shape index (κ2) is 5.42. The Labute approximate surface area is 103 Å². The smallest absolute Gasteiger partial charge is 0.399 e. The molecule has 1 aromatic carbocycles. The summed E-state index contributed by atoms with van der Waals surface area (Å²) in [7, 11) is -4.41. The first kappa shape index (κ1) is 13.5.